The highest BCUT2D eigenvalue weighted by atomic mass is 79.9. The van der Waals surface area contributed by atoms with Crippen LogP contribution in [0.1, 0.15) is 0 Å². The Labute approximate surface area is 145 Å². The van der Waals surface area contributed by atoms with E-state index in [0.717, 1.165) is 0 Å². The van der Waals surface area contributed by atoms with Crippen molar-refractivity contribution in [3.8, 4) is 0 Å². The third-order valence-electron chi connectivity index (χ3n) is 2.51. The normalized spacial score (nSPS) is 11.4. The summed E-state index contributed by atoms with van der Waals surface area (Å²) in [5.41, 5.74) is 5.99. The molecule has 0 aliphatic rings. The van der Waals surface area contributed by atoms with Crippen molar-refractivity contribution in [2.75, 3.05) is 10.5 Å². The number of anilines is 2. The summed E-state index contributed by atoms with van der Waals surface area (Å²) < 4.78 is 27.8. The minimum atomic E-state index is -4.04. The highest BCUT2D eigenvalue weighted by molar-refractivity contribution is 9.10. The van der Waals surface area contributed by atoms with Crippen LogP contribution in [0.25, 0.3) is 0 Å². The lowest BCUT2D eigenvalue weighted by atomic mass is 10.3. The fourth-order valence-corrected chi connectivity index (χ4v) is 4.95. The maximum absolute atomic E-state index is 12.4. The minimum absolute atomic E-state index is 0.0208. The summed E-state index contributed by atoms with van der Waals surface area (Å²) in [6, 6.07) is 7.50. The van der Waals surface area contributed by atoms with E-state index in [-0.39, 0.29) is 31.3 Å². The average Bonchev–Trinajstić information content (AvgIpc) is 2.32. The lowest BCUT2D eigenvalue weighted by Crippen LogP contribution is -2.15. The molecule has 0 bridgehead atoms. The SMILES string of the molecule is Nc1cccc(Cl)c1NS(=O)(=O)c1c(Cl)cc(Br)cc1Cl. The predicted molar refractivity (Wildman–Crippen MR) is 90.8 cm³/mol. The number of benzene rings is 2. The van der Waals surface area contributed by atoms with Crippen LogP contribution in [0.15, 0.2) is 39.7 Å². The molecule has 0 amide bonds. The number of hydrogen-bond donors (Lipinski definition) is 2. The molecule has 3 N–H and O–H groups in total. The standard InChI is InChI=1S/C12H8BrCl3N2O2S/c13-6-4-8(15)12(9(16)5-6)21(19,20)18-11-7(14)2-1-3-10(11)17/h1-5,18H,17H2. The van der Waals surface area contributed by atoms with Gasteiger partial charge in [-0.2, -0.15) is 0 Å². The van der Waals surface area contributed by atoms with Crippen molar-refractivity contribution >= 4 is 72.1 Å². The van der Waals surface area contributed by atoms with Gasteiger partial charge >= 0.3 is 0 Å². The largest absolute Gasteiger partial charge is 0.397 e. The van der Waals surface area contributed by atoms with Gasteiger partial charge in [0, 0.05) is 4.47 Å². The Morgan fingerprint density at radius 2 is 1.62 bits per heavy atom. The first-order valence-electron chi connectivity index (χ1n) is 5.43. The van der Waals surface area contributed by atoms with Crippen LogP contribution < -0.4 is 10.5 Å². The molecule has 0 fully saturated rings. The molecule has 0 radical (unpaired) electrons. The monoisotopic (exact) mass is 428 g/mol. The highest BCUT2D eigenvalue weighted by Gasteiger charge is 2.24. The van der Waals surface area contributed by atoms with E-state index in [4.69, 9.17) is 40.5 Å². The molecule has 2 aromatic carbocycles. The quantitative estimate of drug-likeness (QED) is 0.688. The Balaban J connectivity index is 2.54. The summed E-state index contributed by atoms with van der Waals surface area (Å²) in [6.07, 6.45) is 0. The smallest absolute Gasteiger partial charge is 0.264 e. The van der Waals surface area contributed by atoms with Crippen molar-refractivity contribution in [1.29, 1.82) is 0 Å². The third kappa shape index (κ3) is 3.57. The summed E-state index contributed by atoms with van der Waals surface area (Å²) in [4.78, 5) is -0.242. The van der Waals surface area contributed by atoms with Gasteiger partial charge in [0.1, 0.15) is 4.90 Å². The van der Waals surface area contributed by atoms with E-state index in [1.807, 2.05) is 0 Å². The van der Waals surface area contributed by atoms with Crippen molar-refractivity contribution in [3.63, 3.8) is 0 Å². The molecule has 0 aromatic heterocycles. The number of halogens is 4. The number of sulfonamides is 1. The fraction of sp³-hybridized carbons (Fsp3) is 0. The van der Waals surface area contributed by atoms with Gasteiger partial charge in [-0.3, -0.25) is 4.72 Å². The van der Waals surface area contributed by atoms with E-state index >= 15 is 0 Å². The molecule has 0 atom stereocenters. The number of nitrogens with two attached hydrogens (primary N) is 1. The Hall–Kier alpha value is -0.660. The Bertz CT molecular complexity index is 769. The van der Waals surface area contributed by atoms with Crippen molar-refractivity contribution in [3.05, 3.63) is 49.9 Å². The van der Waals surface area contributed by atoms with Gasteiger partial charge in [-0.15, -0.1) is 0 Å². The van der Waals surface area contributed by atoms with Gasteiger partial charge in [0.15, 0.2) is 0 Å². The van der Waals surface area contributed by atoms with Gasteiger partial charge in [-0.05, 0) is 24.3 Å². The highest BCUT2D eigenvalue weighted by Crippen LogP contribution is 2.36. The number of hydrogen-bond acceptors (Lipinski definition) is 3. The van der Waals surface area contributed by atoms with Gasteiger partial charge in [0.2, 0.25) is 0 Å². The van der Waals surface area contributed by atoms with Crippen molar-refractivity contribution in [1.82, 2.24) is 0 Å². The second kappa shape index (κ2) is 6.22. The minimum Gasteiger partial charge on any atom is -0.397 e. The van der Waals surface area contributed by atoms with Gasteiger partial charge < -0.3 is 5.73 Å². The van der Waals surface area contributed by atoms with Crippen molar-refractivity contribution in [2.24, 2.45) is 0 Å². The van der Waals surface area contributed by atoms with E-state index in [0.29, 0.717) is 4.47 Å². The first-order valence-corrected chi connectivity index (χ1v) is 8.84. The van der Waals surface area contributed by atoms with Crippen LogP contribution in [0.2, 0.25) is 15.1 Å². The third-order valence-corrected chi connectivity index (χ3v) is 5.56. The zero-order chi connectivity index (χ0) is 15.8. The van der Waals surface area contributed by atoms with E-state index < -0.39 is 10.0 Å². The maximum atomic E-state index is 12.4. The van der Waals surface area contributed by atoms with Crippen molar-refractivity contribution < 1.29 is 8.42 Å². The Kier molecular flexibility index (Phi) is 4.95. The number of para-hydroxylation sites is 1. The van der Waals surface area contributed by atoms with Gasteiger partial charge in [-0.25, -0.2) is 8.42 Å². The predicted octanol–water partition coefficient (Wildman–Crippen LogP) is 4.79. The Morgan fingerprint density at radius 1 is 1.05 bits per heavy atom. The zero-order valence-corrected chi connectivity index (χ0v) is 14.9. The molecule has 0 aliphatic carbocycles. The molecule has 0 aliphatic heterocycles. The summed E-state index contributed by atoms with van der Waals surface area (Å²) >= 11 is 21.1. The van der Waals surface area contributed by atoms with E-state index in [1.165, 1.54) is 24.3 Å². The second-order valence-corrected chi connectivity index (χ2v) is 7.76. The summed E-state index contributed by atoms with van der Waals surface area (Å²) in [5, 5.41) is 0.128. The lowest BCUT2D eigenvalue weighted by molar-refractivity contribution is 0.601. The van der Waals surface area contributed by atoms with Crippen LogP contribution in [-0.4, -0.2) is 8.42 Å². The van der Waals surface area contributed by atoms with E-state index in [2.05, 4.69) is 20.7 Å². The molecule has 9 heteroatoms. The van der Waals surface area contributed by atoms with Gasteiger partial charge in [0.25, 0.3) is 10.0 Å². The van der Waals surface area contributed by atoms with Crippen LogP contribution in [0.4, 0.5) is 11.4 Å². The van der Waals surface area contributed by atoms with E-state index in [9.17, 15) is 8.42 Å². The molecule has 0 heterocycles. The lowest BCUT2D eigenvalue weighted by Gasteiger charge is -2.14. The first-order chi connectivity index (χ1) is 9.72. The number of nitrogens with one attached hydrogen (secondary N) is 1. The topological polar surface area (TPSA) is 72.2 Å². The molecule has 0 saturated carbocycles. The molecule has 4 nitrogen and oxygen atoms in total. The summed E-state index contributed by atoms with van der Waals surface area (Å²) in [6.45, 7) is 0. The zero-order valence-electron chi connectivity index (χ0n) is 10.2. The van der Waals surface area contributed by atoms with Gasteiger partial charge in [-0.1, -0.05) is 56.8 Å². The van der Waals surface area contributed by atoms with Crippen LogP contribution in [0, 0.1) is 0 Å². The van der Waals surface area contributed by atoms with Gasteiger partial charge in [0.05, 0.1) is 26.4 Å². The molecule has 21 heavy (non-hydrogen) atoms. The number of rotatable bonds is 3. The fourth-order valence-electron chi connectivity index (χ4n) is 1.62. The molecular formula is C12H8BrCl3N2O2S. The molecule has 2 aromatic rings. The molecule has 0 unspecified atom stereocenters. The maximum Gasteiger partial charge on any atom is 0.264 e. The Morgan fingerprint density at radius 3 is 2.14 bits per heavy atom. The van der Waals surface area contributed by atoms with Crippen LogP contribution in [-0.2, 0) is 10.0 Å². The first kappa shape index (κ1) is 16.7. The van der Waals surface area contributed by atoms with Crippen LogP contribution in [0.3, 0.4) is 0 Å². The molecule has 2 rings (SSSR count). The summed E-state index contributed by atoms with van der Waals surface area (Å²) in [5.74, 6) is 0. The molecule has 0 saturated heterocycles. The molecule has 112 valence electrons. The summed E-state index contributed by atoms with van der Waals surface area (Å²) in [7, 11) is -4.04. The molecular weight excluding hydrogens is 422 g/mol. The van der Waals surface area contributed by atoms with Crippen LogP contribution in [0.5, 0.6) is 0 Å². The van der Waals surface area contributed by atoms with E-state index in [1.54, 1.807) is 6.07 Å². The second-order valence-electron chi connectivity index (χ2n) is 4.01. The average molecular weight is 431 g/mol. The number of nitrogen functional groups attached to an aromatic ring is 1. The molecule has 0 spiro atoms. The van der Waals surface area contributed by atoms with Crippen molar-refractivity contribution in [2.45, 2.75) is 4.90 Å². The van der Waals surface area contributed by atoms with Crippen LogP contribution >= 0.6 is 50.7 Å².